The molecule has 0 spiro atoms. The lowest BCUT2D eigenvalue weighted by Gasteiger charge is -2.35. The van der Waals surface area contributed by atoms with E-state index < -0.39 is 0 Å². The Kier molecular flexibility index (Phi) is 7.27. The lowest BCUT2D eigenvalue weighted by molar-refractivity contribution is -0.120. The van der Waals surface area contributed by atoms with Crippen molar-refractivity contribution in [2.24, 2.45) is 17.5 Å². The van der Waals surface area contributed by atoms with Gasteiger partial charge in [0.15, 0.2) is 5.96 Å². The summed E-state index contributed by atoms with van der Waals surface area (Å²) in [5.41, 5.74) is 1.19. The van der Waals surface area contributed by atoms with Crippen molar-refractivity contribution in [3.8, 4) is 0 Å². The third-order valence-electron chi connectivity index (χ3n) is 5.15. The Morgan fingerprint density at radius 3 is 2.73 bits per heavy atom. The van der Waals surface area contributed by atoms with E-state index >= 15 is 0 Å². The van der Waals surface area contributed by atoms with E-state index in [1.807, 2.05) is 18.1 Å². The van der Waals surface area contributed by atoms with Crippen LogP contribution in [0.2, 0.25) is 0 Å². The van der Waals surface area contributed by atoms with E-state index in [1.165, 1.54) is 12.8 Å². The standard InChI is InChI=1S/C17H28N6O2.HI/c1-18-16(19-13-17(4-5-17)6-9-25-3)22-7-8-23(15(24)12-22)14-10-20-21(2)11-14;/h10-11H,4-9,12-13H2,1-3H3,(H,18,19);1H. The molecule has 2 fully saturated rings. The minimum atomic E-state index is 0. The number of anilines is 1. The molecule has 146 valence electrons. The maximum atomic E-state index is 12.5. The van der Waals surface area contributed by atoms with Gasteiger partial charge in [-0.2, -0.15) is 5.10 Å². The van der Waals surface area contributed by atoms with Crippen LogP contribution in [-0.2, 0) is 16.6 Å². The first-order valence-electron chi connectivity index (χ1n) is 8.80. The first-order chi connectivity index (χ1) is 12.1. The number of guanidine groups is 1. The summed E-state index contributed by atoms with van der Waals surface area (Å²) in [6.45, 7) is 3.41. The van der Waals surface area contributed by atoms with E-state index in [2.05, 4.69) is 15.4 Å². The van der Waals surface area contributed by atoms with Crippen LogP contribution in [0.4, 0.5) is 5.69 Å². The molecule has 9 heteroatoms. The molecule has 8 nitrogen and oxygen atoms in total. The number of rotatable bonds is 6. The van der Waals surface area contributed by atoms with Crippen molar-refractivity contribution >= 4 is 41.5 Å². The number of hydrogen-bond donors (Lipinski definition) is 1. The van der Waals surface area contributed by atoms with Gasteiger partial charge in [-0.05, 0) is 24.7 Å². The van der Waals surface area contributed by atoms with Crippen molar-refractivity contribution in [3.63, 3.8) is 0 Å². The van der Waals surface area contributed by atoms with E-state index in [0.717, 1.165) is 37.8 Å². The van der Waals surface area contributed by atoms with Gasteiger partial charge in [-0.1, -0.05) is 0 Å². The molecule has 1 saturated carbocycles. The van der Waals surface area contributed by atoms with Crippen LogP contribution < -0.4 is 10.2 Å². The number of aliphatic imine (C=N–C) groups is 1. The van der Waals surface area contributed by atoms with Crippen molar-refractivity contribution in [2.75, 3.05) is 51.8 Å². The maximum Gasteiger partial charge on any atom is 0.246 e. The Labute approximate surface area is 172 Å². The molecule has 0 unspecified atom stereocenters. The minimum Gasteiger partial charge on any atom is -0.385 e. The summed E-state index contributed by atoms with van der Waals surface area (Å²) in [6, 6.07) is 0. The molecule has 2 aliphatic rings. The van der Waals surface area contributed by atoms with Crippen molar-refractivity contribution in [1.82, 2.24) is 20.0 Å². The van der Waals surface area contributed by atoms with Gasteiger partial charge in [0.1, 0.15) is 6.54 Å². The van der Waals surface area contributed by atoms with Gasteiger partial charge in [0.25, 0.3) is 0 Å². The Hall–Kier alpha value is -1.36. The molecule has 1 aliphatic heterocycles. The number of aryl methyl sites for hydroxylation is 1. The number of amides is 1. The summed E-state index contributed by atoms with van der Waals surface area (Å²) in [5, 5.41) is 7.61. The molecule has 0 radical (unpaired) electrons. The van der Waals surface area contributed by atoms with Crippen molar-refractivity contribution in [3.05, 3.63) is 12.4 Å². The zero-order valence-corrected chi connectivity index (χ0v) is 18.1. The third-order valence-corrected chi connectivity index (χ3v) is 5.15. The van der Waals surface area contributed by atoms with Gasteiger partial charge in [-0.15, -0.1) is 24.0 Å². The largest absolute Gasteiger partial charge is 0.385 e. The average Bonchev–Trinajstić information content (AvgIpc) is 3.25. The van der Waals surface area contributed by atoms with E-state index in [0.29, 0.717) is 18.5 Å². The Balaban J connectivity index is 0.00000243. The fraction of sp³-hybridized carbons (Fsp3) is 0.706. The molecule has 0 aromatic carbocycles. The molecule has 1 aromatic rings. The number of ether oxygens (including phenoxy) is 1. The SMILES string of the molecule is CN=C(NCC1(CCOC)CC1)N1CCN(c2cnn(C)c2)C(=O)C1.I. The quantitative estimate of drug-likeness (QED) is 0.378. The number of nitrogens with one attached hydrogen (secondary N) is 1. The molecule has 1 aliphatic carbocycles. The van der Waals surface area contributed by atoms with Crippen LogP contribution >= 0.6 is 24.0 Å². The monoisotopic (exact) mass is 476 g/mol. The topological polar surface area (TPSA) is 75.0 Å². The highest BCUT2D eigenvalue weighted by Gasteiger charge is 2.42. The zero-order valence-electron chi connectivity index (χ0n) is 15.8. The second kappa shape index (κ2) is 9.03. The van der Waals surface area contributed by atoms with E-state index in [9.17, 15) is 4.79 Å². The number of methoxy groups -OCH3 is 1. The predicted octanol–water partition coefficient (Wildman–Crippen LogP) is 1.08. The van der Waals surface area contributed by atoms with Gasteiger partial charge in [-0.25, -0.2) is 0 Å². The molecule has 0 atom stereocenters. The van der Waals surface area contributed by atoms with E-state index in [-0.39, 0.29) is 29.9 Å². The molecule has 0 bridgehead atoms. The number of aromatic nitrogens is 2. The highest BCUT2D eigenvalue weighted by molar-refractivity contribution is 14.0. The smallest absolute Gasteiger partial charge is 0.246 e. The molecule has 3 rings (SSSR count). The number of nitrogens with zero attached hydrogens (tertiary/aromatic N) is 5. The summed E-state index contributed by atoms with van der Waals surface area (Å²) in [6.07, 6.45) is 7.13. The number of hydrogen-bond acceptors (Lipinski definition) is 4. The average molecular weight is 476 g/mol. The molecule has 2 heterocycles. The van der Waals surface area contributed by atoms with Gasteiger partial charge in [0.2, 0.25) is 5.91 Å². The van der Waals surface area contributed by atoms with Gasteiger partial charge >= 0.3 is 0 Å². The van der Waals surface area contributed by atoms with Crippen molar-refractivity contribution < 1.29 is 9.53 Å². The fourth-order valence-electron chi connectivity index (χ4n) is 3.28. The lowest BCUT2D eigenvalue weighted by atomic mass is 10.0. The van der Waals surface area contributed by atoms with Crippen LogP contribution in [0.1, 0.15) is 19.3 Å². The zero-order chi connectivity index (χ0) is 17.9. The fourth-order valence-corrected chi connectivity index (χ4v) is 3.28. The molecule has 1 N–H and O–H groups in total. The molecule has 1 aromatic heterocycles. The third kappa shape index (κ3) is 4.87. The van der Waals surface area contributed by atoms with Crippen LogP contribution in [0.5, 0.6) is 0 Å². The Morgan fingerprint density at radius 1 is 1.42 bits per heavy atom. The second-order valence-corrected chi connectivity index (χ2v) is 6.98. The summed E-state index contributed by atoms with van der Waals surface area (Å²) in [5.74, 6) is 0.880. The normalized spacial score (nSPS) is 19.3. The number of halogens is 1. The summed E-state index contributed by atoms with van der Waals surface area (Å²) in [7, 11) is 5.37. The Morgan fingerprint density at radius 2 is 2.19 bits per heavy atom. The van der Waals surface area contributed by atoms with Crippen LogP contribution in [0, 0.1) is 5.41 Å². The summed E-state index contributed by atoms with van der Waals surface area (Å²) in [4.78, 5) is 20.7. The van der Waals surface area contributed by atoms with E-state index in [1.54, 1.807) is 29.9 Å². The highest BCUT2D eigenvalue weighted by Crippen LogP contribution is 2.48. The molecule has 1 amide bonds. The van der Waals surface area contributed by atoms with Crippen molar-refractivity contribution in [2.45, 2.75) is 19.3 Å². The highest BCUT2D eigenvalue weighted by atomic mass is 127. The molecule has 1 saturated heterocycles. The number of carbonyl (C=O) groups is 1. The number of carbonyl (C=O) groups excluding carboxylic acids is 1. The minimum absolute atomic E-state index is 0. The summed E-state index contributed by atoms with van der Waals surface area (Å²) < 4.78 is 6.92. The molecular formula is C17H29IN6O2. The summed E-state index contributed by atoms with van der Waals surface area (Å²) >= 11 is 0. The predicted molar refractivity (Wildman–Crippen MR) is 112 cm³/mol. The first kappa shape index (κ1) is 20.9. The van der Waals surface area contributed by atoms with Crippen LogP contribution in [-0.4, -0.2) is 73.5 Å². The number of piperazine rings is 1. The van der Waals surface area contributed by atoms with Crippen LogP contribution in [0.25, 0.3) is 0 Å². The first-order valence-corrected chi connectivity index (χ1v) is 8.80. The Bertz CT molecular complexity index is 643. The lowest BCUT2D eigenvalue weighted by Crippen LogP contribution is -2.55. The van der Waals surface area contributed by atoms with Crippen LogP contribution in [0.15, 0.2) is 17.4 Å². The second-order valence-electron chi connectivity index (χ2n) is 6.98. The molecule has 26 heavy (non-hydrogen) atoms. The van der Waals surface area contributed by atoms with Gasteiger partial charge in [-0.3, -0.25) is 14.5 Å². The maximum absolute atomic E-state index is 12.5. The van der Waals surface area contributed by atoms with Crippen LogP contribution in [0.3, 0.4) is 0 Å². The van der Waals surface area contributed by atoms with Crippen molar-refractivity contribution in [1.29, 1.82) is 0 Å². The van der Waals surface area contributed by atoms with Gasteiger partial charge < -0.3 is 19.9 Å². The van der Waals surface area contributed by atoms with E-state index in [4.69, 9.17) is 4.74 Å². The molecular weight excluding hydrogens is 447 g/mol. The van der Waals surface area contributed by atoms with Gasteiger partial charge in [0.05, 0.1) is 11.9 Å². The van der Waals surface area contributed by atoms with Gasteiger partial charge in [0, 0.05) is 53.6 Å².